The van der Waals surface area contributed by atoms with Gasteiger partial charge in [-0.2, -0.15) is 5.10 Å². The number of methoxy groups -OCH3 is 1. The van der Waals surface area contributed by atoms with Gasteiger partial charge >= 0.3 is 0 Å². The second-order valence-electron chi connectivity index (χ2n) is 4.82. The van der Waals surface area contributed by atoms with Gasteiger partial charge in [-0.3, -0.25) is 0 Å². The molecule has 2 aromatic carbocycles. The highest BCUT2D eigenvalue weighted by molar-refractivity contribution is 5.82. The lowest BCUT2D eigenvalue weighted by atomic mass is 10.2. The molecule has 0 bridgehead atoms. The lowest BCUT2D eigenvalue weighted by molar-refractivity contribution is 0.311. The number of rotatable bonds is 6. The first-order chi connectivity index (χ1) is 11.3. The van der Waals surface area contributed by atoms with Crippen molar-refractivity contribution in [3.63, 3.8) is 0 Å². The predicted molar refractivity (Wildman–Crippen MR) is 91.5 cm³/mol. The Hall–Kier alpha value is -3.02. The molecule has 2 N–H and O–H groups in total. The molecule has 0 spiro atoms. The van der Waals surface area contributed by atoms with E-state index in [1.54, 1.807) is 13.3 Å². The Morgan fingerprint density at radius 2 is 2.09 bits per heavy atom. The van der Waals surface area contributed by atoms with Gasteiger partial charge < -0.3 is 14.5 Å². The van der Waals surface area contributed by atoms with Gasteiger partial charge in [0.2, 0.25) is 5.95 Å². The van der Waals surface area contributed by atoms with E-state index in [-0.39, 0.29) is 0 Å². The summed E-state index contributed by atoms with van der Waals surface area (Å²) in [7, 11) is 1.62. The summed E-state index contributed by atoms with van der Waals surface area (Å²) in [6.07, 6.45) is 1.70. The summed E-state index contributed by atoms with van der Waals surface area (Å²) in [6, 6.07) is 13.5. The van der Waals surface area contributed by atoms with E-state index in [0.717, 1.165) is 16.6 Å². The maximum Gasteiger partial charge on any atom is 0.222 e. The number of hydrogen-bond acceptors (Lipinski definition) is 5. The zero-order chi connectivity index (χ0) is 16.1. The summed E-state index contributed by atoms with van der Waals surface area (Å²) in [5, 5.41) is 4.20. The molecule has 0 saturated heterocycles. The van der Waals surface area contributed by atoms with Crippen molar-refractivity contribution in [3.8, 4) is 11.5 Å². The summed E-state index contributed by atoms with van der Waals surface area (Å²) in [5.41, 5.74) is 5.66. The van der Waals surface area contributed by atoms with Gasteiger partial charge in [0.25, 0.3) is 0 Å². The third-order valence-corrected chi connectivity index (χ3v) is 3.26. The van der Waals surface area contributed by atoms with Crippen LogP contribution in [0.1, 0.15) is 12.5 Å². The van der Waals surface area contributed by atoms with Crippen LogP contribution in [0, 0.1) is 0 Å². The molecule has 0 atom stereocenters. The van der Waals surface area contributed by atoms with Crippen molar-refractivity contribution in [3.05, 3.63) is 48.0 Å². The Balaban J connectivity index is 1.73. The van der Waals surface area contributed by atoms with Crippen molar-refractivity contribution in [2.24, 2.45) is 5.10 Å². The molecule has 0 aliphatic rings. The summed E-state index contributed by atoms with van der Waals surface area (Å²) in [5.74, 6) is 2.00. The second kappa shape index (κ2) is 6.83. The molecule has 0 radical (unpaired) electrons. The average Bonchev–Trinajstić information content (AvgIpc) is 2.98. The van der Waals surface area contributed by atoms with Gasteiger partial charge in [-0.15, -0.1) is 0 Å². The van der Waals surface area contributed by atoms with E-state index in [2.05, 4.69) is 20.5 Å². The molecule has 6 nitrogen and oxygen atoms in total. The Morgan fingerprint density at radius 3 is 2.87 bits per heavy atom. The van der Waals surface area contributed by atoms with Crippen molar-refractivity contribution in [2.75, 3.05) is 19.1 Å². The van der Waals surface area contributed by atoms with Crippen LogP contribution in [0.15, 0.2) is 47.6 Å². The number of para-hydroxylation sites is 2. The van der Waals surface area contributed by atoms with Crippen LogP contribution in [0.2, 0.25) is 0 Å². The highest BCUT2D eigenvalue weighted by Crippen LogP contribution is 2.27. The number of nitrogens with one attached hydrogen (secondary N) is 2. The molecule has 3 aromatic rings. The Kier molecular flexibility index (Phi) is 4.42. The summed E-state index contributed by atoms with van der Waals surface area (Å²) in [4.78, 5) is 7.54. The molecule has 118 valence electrons. The number of anilines is 1. The molecule has 0 fully saturated rings. The van der Waals surface area contributed by atoms with Gasteiger partial charge in [-0.05, 0) is 42.8 Å². The maximum absolute atomic E-state index is 5.55. The van der Waals surface area contributed by atoms with Crippen molar-refractivity contribution < 1.29 is 9.47 Å². The van der Waals surface area contributed by atoms with Crippen LogP contribution in [-0.4, -0.2) is 29.9 Å². The van der Waals surface area contributed by atoms with E-state index in [9.17, 15) is 0 Å². The smallest absolute Gasteiger partial charge is 0.222 e. The number of hydrogen-bond donors (Lipinski definition) is 2. The number of aromatic nitrogens is 2. The normalized spacial score (nSPS) is 11.0. The third-order valence-electron chi connectivity index (χ3n) is 3.26. The average molecular weight is 310 g/mol. The number of fused-ring (bicyclic) bond motifs is 1. The van der Waals surface area contributed by atoms with Gasteiger partial charge in [-0.25, -0.2) is 10.4 Å². The lowest BCUT2D eigenvalue weighted by Gasteiger charge is -2.09. The largest absolute Gasteiger partial charge is 0.493 e. The minimum atomic E-state index is 0.578. The highest BCUT2D eigenvalue weighted by Gasteiger charge is 2.04. The molecule has 1 aromatic heterocycles. The first-order valence-electron chi connectivity index (χ1n) is 7.35. The van der Waals surface area contributed by atoms with Crippen LogP contribution in [0.3, 0.4) is 0 Å². The number of benzene rings is 2. The fourth-order valence-corrected chi connectivity index (χ4v) is 2.22. The minimum Gasteiger partial charge on any atom is -0.493 e. The van der Waals surface area contributed by atoms with E-state index in [0.29, 0.717) is 24.1 Å². The molecule has 6 heteroatoms. The van der Waals surface area contributed by atoms with Gasteiger partial charge in [0.05, 0.1) is 31.0 Å². The van der Waals surface area contributed by atoms with Crippen molar-refractivity contribution in [2.45, 2.75) is 6.92 Å². The molecular formula is C17H18N4O2. The van der Waals surface area contributed by atoms with Gasteiger partial charge in [0.1, 0.15) is 0 Å². The molecule has 23 heavy (non-hydrogen) atoms. The second-order valence-corrected chi connectivity index (χ2v) is 4.82. The van der Waals surface area contributed by atoms with Crippen LogP contribution in [0.4, 0.5) is 5.95 Å². The summed E-state index contributed by atoms with van der Waals surface area (Å²) >= 11 is 0. The topological polar surface area (TPSA) is 71.5 Å². The number of ether oxygens (including phenoxy) is 2. The van der Waals surface area contributed by atoms with E-state index in [1.807, 2.05) is 49.4 Å². The first kappa shape index (κ1) is 14.9. The molecule has 0 aliphatic carbocycles. The van der Waals surface area contributed by atoms with Gasteiger partial charge in [0.15, 0.2) is 11.5 Å². The van der Waals surface area contributed by atoms with Crippen LogP contribution in [0.5, 0.6) is 11.5 Å². The molecule has 3 rings (SSSR count). The first-order valence-corrected chi connectivity index (χ1v) is 7.35. The number of H-pyrrole nitrogens is 1. The lowest BCUT2D eigenvalue weighted by Crippen LogP contribution is -1.97. The molecule has 0 amide bonds. The monoisotopic (exact) mass is 310 g/mol. The Labute approximate surface area is 134 Å². The standard InChI is InChI=1S/C17H18N4O2/c1-3-23-16-10-12(8-9-15(16)22-2)11-18-21-17-19-13-6-4-5-7-14(13)20-17/h4-11H,3H2,1-2H3,(H2,19,20,21)/b18-11-. The SMILES string of the molecule is CCOc1cc(/C=N\Nc2nc3ccccc3[nH]2)ccc1OC. The van der Waals surface area contributed by atoms with Crippen molar-refractivity contribution in [1.82, 2.24) is 9.97 Å². The van der Waals surface area contributed by atoms with Crippen LogP contribution >= 0.6 is 0 Å². The summed E-state index contributed by atoms with van der Waals surface area (Å²) in [6.45, 7) is 2.51. The van der Waals surface area contributed by atoms with Crippen LogP contribution in [0.25, 0.3) is 11.0 Å². The Morgan fingerprint density at radius 1 is 1.22 bits per heavy atom. The summed E-state index contributed by atoms with van der Waals surface area (Å²) < 4.78 is 10.8. The number of hydrazone groups is 1. The van der Waals surface area contributed by atoms with E-state index in [1.165, 1.54) is 0 Å². The molecular weight excluding hydrogens is 292 g/mol. The fraction of sp³-hybridized carbons (Fsp3) is 0.176. The zero-order valence-electron chi connectivity index (χ0n) is 13.0. The minimum absolute atomic E-state index is 0.578. The highest BCUT2D eigenvalue weighted by atomic mass is 16.5. The van der Waals surface area contributed by atoms with Crippen molar-refractivity contribution in [1.29, 1.82) is 0 Å². The molecule has 0 unspecified atom stereocenters. The zero-order valence-corrected chi connectivity index (χ0v) is 13.0. The van der Waals surface area contributed by atoms with Crippen LogP contribution < -0.4 is 14.9 Å². The van der Waals surface area contributed by atoms with E-state index in [4.69, 9.17) is 9.47 Å². The molecule has 0 saturated carbocycles. The van der Waals surface area contributed by atoms with Crippen molar-refractivity contribution >= 4 is 23.2 Å². The predicted octanol–water partition coefficient (Wildman–Crippen LogP) is 3.42. The number of nitrogens with zero attached hydrogens (tertiary/aromatic N) is 2. The van der Waals surface area contributed by atoms with E-state index >= 15 is 0 Å². The third kappa shape index (κ3) is 3.42. The number of imidazole rings is 1. The van der Waals surface area contributed by atoms with E-state index < -0.39 is 0 Å². The Bertz CT molecular complexity index is 793. The fourth-order valence-electron chi connectivity index (χ4n) is 2.22. The van der Waals surface area contributed by atoms with Gasteiger partial charge in [0, 0.05) is 0 Å². The van der Waals surface area contributed by atoms with Crippen LogP contribution in [-0.2, 0) is 0 Å². The number of aromatic amines is 1. The van der Waals surface area contributed by atoms with Gasteiger partial charge in [-0.1, -0.05) is 12.1 Å². The molecule has 1 heterocycles. The quantitative estimate of drug-likeness (QED) is 0.540. The molecule has 0 aliphatic heterocycles. The maximum atomic E-state index is 5.55.